The summed E-state index contributed by atoms with van der Waals surface area (Å²) in [6, 6.07) is 4.66. The Morgan fingerprint density at radius 3 is 3.29 bits per heavy atom. The quantitative estimate of drug-likeness (QED) is 0.635. The van der Waals surface area contributed by atoms with Crippen LogP contribution >= 0.6 is 0 Å². The molecular weight excluding hydrogens is 183 g/mol. The number of ether oxygens (including phenoxy) is 1. The second kappa shape index (κ2) is 2.78. The standard InChI is InChI=1S/C10H9FN2O/c11-7-1-2-8-9(5-7)13-3-4-14-6-10(13)12-8/h1-2,5H,3-4,6H2. The highest BCUT2D eigenvalue weighted by molar-refractivity contribution is 5.76. The van der Waals surface area contributed by atoms with E-state index in [0.29, 0.717) is 13.2 Å². The summed E-state index contributed by atoms with van der Waals surface area (Å²) in [5.41, 5.74) is 1.70. The SMILES string of the molecule is Fc1ccc2nc3n(c2c1)CCOC3. The lowest BCUT2D eigenvalue weighted by Gasteiger charge is -2.14. The fraction of sp³-hybridized carbons (Fsp3) is 0.300. The maximum absolute atomic E-state index is 13.0. The van der Waals surface area contributed by atoms with Gasteiger partial charge in [0.25, 0.3) is 0 Å². The largest absolute Gasteiger partial charge is 0.372 e. The van der Waals surface area contributed by atoms with Gasteiger partial charge in [-0.15, -0.1) is 0 Å². The molecule has 3 rings (SSSR count). The van der Waals surface area contributed by atoms with Gasteiger partial charge in [0.2, 0.25) is 0 Å². The van der Waals surface area contributed by atoms with Gasteiger partial charge < -0.3 is 9.30 Å². The molecule has 0 atom stereocenters. The third-order valence-corrected chi connectivity index (χ3v) is 2.48. The van der Waals surface area contributed by atoms with E-state index in [0.717, 1.165) is 23.4 Å². The maximum Gasteiger partial charge on any atom is 0.136 e. The van der Waals surface area contributed by atoms with Crippen molar-refractivity contribution in [3.8, 4) is 0 Å². The zero-order valence-electron chi connectivity index (χ0n) is 7.53. The van der Waals surface area contributed by atoms with Gasteiger partial charge in [0, 0.05) is 6.54 Å². The van der Waals surface area contributed by atoms with Crippen molar-refractivity contribution < 1.29 is 9.13 Å². The summed E-state index contributed by atoms with van der Waals surface area (Å²) in [4.78, 5) is 4.37. The van der Waals surface area contributed by atoms with Crippen molar-refractivity contribution in [3.05, 3.63) is 29.8 Å². The Balaban J connectivity index is 2.32. The molecule has 2 aromatic rings. The fourth-order valence-electron chi connectivity index (χ4n) is 1.82. The van der Waals surface area contributed by atoms with Gasteiger partial charge in [0.15, 0.2) is 0 Å². The van der Waals surface area contributed by atoms with Crippen LogP contribution < -0.4 is 0 Å². The van der Waals surface area contributed by atoms with Gasteiger partial charge >= 0.3 is 0 Å². The van der Waals surface area contributed by atoms with Crippen molar-refractivity contribution in [2.45, 2.75) is 13.2 Å². The number of imidazole rings is 1. The van der Waals surface area contributed by atoms with Gasteiger partial charge in [0.1, 0.15) is 18.2 Å². The first kappa shape index (κ1) is 7.94. The lowest BCUT2D eigenvalue weighted by molar-refractivity contribution is 0.0830. The molecule has 0 saturated carbocycles. The molecule has 14 heavy (non-hydrogen) atoms. The van der Waals surface area contributed by atoms with Gasteiger partial charge in [-0.3, -0.25) is 0 Å². The second-order valence-electron chi connectivity index (χ2n) is 3.37. The number of nitrogens with zero attached hydrogens (tertiary/aromatic N) is 2. The monoisotopic (exact) mass is 192 g/mol. The molecule has 0 fully saturated rings. The molecule has 2 heterocycles. The van der Waals surface area contributed by atoms with Crippen LogP contribution in [-0.4, -0.2) is 16.2 Å². The number of rotatable bonds is 0. The molecule has 0 spiro atoms. The van der Waals surface area contributed by atoms with E-state index in [9.17, 15) is 4.39 Å². The number of hydrogen-bond acceptors (Lipinski definition) is 2. The minimum absolute atomic E-state index is 0.216. The topological polar surface area (TPSA) is 27.1 Å². The van der Waals surface area contributed by atoms with Crippen molar-refractivity contribution >= 4 is 11.0 Å². The molecule has 1 aromatic heterocycles. The van der Waals surface area contributed by atoms with Crippen LogP contribution in [0.3, 0.4) is 0 Å². The molecule has 0 saturated heterocycles. The Hall–Kier alpha value is -1.42. The molecule has 72 valence electrons. The molecule has 1 aliphatic rings. The van der Waals surface area contributed by atoms with E-state index in [1.54, 1.807) is 6.07 Å². The van der Waals surface area contributed by atoms with Crippen molar-refractivity contribution in [1.82, 2.24) is 9.55 Å². The van der Waals surface area contributed by atoms with E-state index >= 15 is 0 Å². The number of fused-ring (bicyclic) bond motifs is 3. The summed E-state index contributed by atoms with van der Waals surface area (Å²) in [5, 5.41) is 0. The first-order chi connectivity index (χ1) is 6.84. The lowest BCUT2D eigenvalue weighted by Crippen LogP contribution is -2.16. The van der Waals surface area contributed by atoms with Crippen molar-refractivity contribution in [1.29, 1.82) is 0 Å². The third kappa shape index (κ3) is 1.04. The van der Waals surface area contributed by atoms with E-state index in [4.69, 9.17) is 4.74 Å². The zero-order chi connectivity index (χ0) is 9.54. The number of halogens is 1. The van der Waals surface area contributed by atoms with Gasteiger partial charge in [-0.2, -0.15) is 0 Å². The van der Waals surface area contributed by atoms with Gasteiger partial charge in [0.05, 0.1) is 17.6 Å². The summed E-state index contributed by atoms with van der Waals surface area (Å²) in [6.45, 7) is 1.96. The molecule has 0 unspecified atom stereocenters. The number of aromatic nitrogens is 2. The molecular formula is C10H9FN2O. The van der Waals surface area contributed by atoms with E-state index in [-0.39, 0.29) is 5.82 Å². The Morgan fingerprint density at radius 2 is 2.36 bits per heavy atom. The molecule has 0 aliphatic carbocycles. The predicted octanol–water partition coefficient (Wildman–Crippen LogP) is 1.71. The number of benzene rings is 1. The van der Waals surface area contributed by atoms with Crippen LogP contribution in [0.25, 0.3) is 11.0 Å². The smallest absolute Gasteiger partial charge is 0.136 e. The molecule has 3 nitrogen and oxygen atoms in total. The number of hydrogen-bond donors (Lipinski definition) is 0. The molecule has 0 bridgehead atoms. The Morgan fingerprint density at radius 1 is 1.43 bits per heavy atom. The fourth-order valence-corrected chi connectivity index (χ4v) is 1.82. The van der Waals surface area contributed by atoms with Gasteiger partial charge in [-0.1, -0.05) is 0 Å². The summed E-state index contributed by atoms with van der Waals surface area (Å²) in [7, 11) is 0. The molecule has 0 radical (unpaired) electrons. The van der Waals surface area contributed by atoms with Crippen molar-refractivity contribution in [2.75, 3.05) is 6.61 Å². The molecule has 4 heteroatoms. The molecule has 1 aliphatic heterocycles. The van der Waals surface area contributed by atoms with E-state index < -0.39 is 0 Å². The Bertz CT molecular complexity index is 492. The normalized spacial score (nSPS) is 15.8. The Kier molecular flexibility index (Phi) is 1.58. The van der Waals surface area contributed by atoms with Crippen molar-refractivity contribution in [2.24, 2.45) is 0 Å². The second-order valence-corrected chi connectivity index (χ2v) is 3.37. The van der Waals surface area contributed by atoms with Crippen LogP contribution in [0.2, 0.25) is 0 Å². The molecule has 1 aromatic carbocycles. The van der Waals surface area contributed by atoms with Crippen molar-refractivity contribution in [3.63, 3.8) is 0 Å². The first-order valence-corrected chi connectivity index (χ1v) is 4.57. The predicted molar refractivity (Wildman–Crippen MR) is 49.3 cm³/mol. The van der Waals surface area contributed by atoms with Crippen LogP contribution in [0.4, 0.5) is 4.39 Å². The summed E-state index contributed by atoms with van der Waals surface area (Å²) < 4.78 is 20.3. The van der Waals surface area contributed by atoms with Gasteiger partial charge in [-0.05, 0) is 18.2 Å². The van der Waals surface area contributed by atoms with Crippen LogP contribution in [0.1, 0.15) is 5.82 Å². The third-order valence-electron chi connectivity index (χ3n) is 2.48. The lowest BCUT2D eigenvalue weighted by atomic mass is 10.3. The first-order valence-electron chi connectivity index (χ1n) is 4.57. The minimum atomic E-state index is -0.216. The average molecular weight is 192 g/mol. The summed E-state index contributed by atoms with van der Waals surface area (Å²) in [5.74, 6) is 0.670. The highest BCUT2D eigenvalue weighted by Gasteiger charge is 2.14. The molecule has 0 amide bonds. The van der Waals surface area contributed by atoms with Gasteiger partial charge in [-0.25, -0.2) is 9.37 Å². The average Bonchev–Trinajstić information content (AvgIpc) is 2.56. The minimum Gasteiger partial charge on any atom is -0.372 e. The highest BCUT2D eigenvalue weighted by atomic mass is 19.1. The van der Waals surface area contributed by atoms with Crippen LogP contribution in [0.5, 0.6) is 0 Å². The van der Waals surface area contributed by atoms with Crippen LogP contribution in [0.15, 0.2) is 18.2 Å². The van der Waals surface area contributed by atoms with E-state index in [1.165, 1.54) is 12.1 Å². The highest BCUT2D eigenvalue weighted by Crippen LogP contribution is 2.20. The maximum atomic E-state index is 13.0. The van der Waals surface area contributed by atoms with Crippen LogP contribution in [-0.2, 0) is 17.9 Å². The summed E-state index contributed by atoms with van der Waals surface area (Å²) in [6.07, 6.45) is 0. The van der Waals surface area contributed by atoms with Crippen LogP contribution in [0, 0.1) is 5.82 Å². The molecule has 0 N–H and O–H groups in total. The Labute approximate surface area is 80.1 Å². The van der Waals surface area contributed by atoms with E-state index in [2.05, 4.69) is 4.98 Å². The summed E-state index contributed by atoms with van der Waals surface area (Å²) >= 11 is 0. The van der Waals surface area contributed by atoms with E-state index in [1.807, 2.05) is 4.57 Å². The zero-order valence-corrected chi connectivity index (χ0v) is 7.53.